The third-order valence-corrected chi connectivity index (χ3v) is 4.36. The topological polar surface area (TPSA) is 93.7 Å². The Labute approximate surface area is 176 Å². The number of carbonyl (C=O) groups is 3. The third-order valence-electron chi connectivity index (χ3n) is 4.36. The van der Waals surface area contributed by atoms with Gasteiger partial charge in [-0.3, -0.25) is 20.4 Å². The summed E-state index contributed by atoms with van der Waals surface area (Å²) in [5.74, 6) is -1.29. The molecule has 2 amide bonds. The largest absolute Gasteiger partial charge is 0.479 e. The number of rotatable bonds is 6. The van der Waals surface area contributed by atoms with E-state index in [2.05, 4.69) is 31.6 Å². The molecule has 0 fully saturated rings. The zero-order chi connectivity index (χ0) is 22.3. The van der Waals surface area contributed by atoms with Gasteiger partial charge in [0.2, 0.25) is 0 Å². The fraction of sp³-hybridized carbons (Fsp3) is 0.348. The van der Waals surface area contributed by atoms with Gasteiger partial charge in [-0.1, -0.05) is 51.1 Å². The first kappa shape index (κ1) is 22.9. The predicted molar refractivity (Wildman–Crippen MR) is 113 cm³/mol. The summed E-state index contributed by atoms with van der Waals surface area (Å²) in [5.41, 5.74) is 6.07. The lowest BCUT2D eigenvalue weighted by Crippen LogP contribution is -2.47. The molecule has 7 heteroatoms. The maximum absolute atomic E-state index is 12.2. The second kappa shape index (κ2) is 9.91. The summed E-state index contributed by atoms with van der Waals surface area (Å²) in [5, 5.41) is 0. The van der Waals surface area contributed by atoms with Crippen LogP contribution in [0.4, 0.5) is 0 Å². The Hall–Kier alpha value is -3.35. The van der Waals surface area contributed by atoms with Gasteiger partial charge in [0.1, 0.15) is 5.75 Å². The molecule has 0 radical (unpaired) electrons. The summed E-state index contributed by atoms with van der Waals surface area (Å²) in [6, 6.07) is 15.9. The van der Waals surface area contributed by atoms with Crippen LogP contribution < -0.4 is 15.6 Å². The highest BCUT2D eigenvalue weighted by atomic mass is 16.6. The Kier molecular flexibility index (Phi) is 7.58. The zero-order valence-electron chi connectivity index (χ0n) is 17.9. The van der Waals surface area contributed by atoms with Gasteiger partial charge in [0.15, 0.2) is 12.2 Å². The third kappa shape index (κ3) is 6.62. The summed E-state index contributed by atoms with van der Waals surface area (Å²) in [4.78, 5) is 36.3. The van der Waals surface area contributed by atoms with E-state index in [9.17, 15) is 14.4 Å². The number of benzene rings is 2. The molecule has 0 aliphatic carbocycles. The molecule has 0 saturated heterocycles. The molecule has 0 bridgehead atoms. The van der Waals surface area contributed by atoms with Crippen molar-refractivity contribution in [2.75, 3.05) is 0 Å². The van der Waals surface area contributed by atoms with Crippen LogP contribution in [0, 0.1) is 0 Å². The molecule has 0 aromatic heterocycles. The first-order valence-corrected chi connectivity index (χ1v) is 9.71. The number of ether oxygens (including phenoxy) is 2. The molecule has 2 atom stereocenters. The van der Waals surface area contributed by atoms with Gasteiger partial charge < -0.3 is 9.47 Å². The molecule has 0 aliphatic heterocycles. The van der Waals surface area contributed by atoms with E-state index in [0.717, 1.165) is 5.56 Å². The van der Waals surface area contributed by atoms with Crippen LogP contribution >= 0.6 is 0 Å². The van der Waals surface area contributed by atoms with E-state index in [0.29, 0.717) is 11.3 Å². The maximum atomic E-state index is 12.2. The molecule has 0 spiro atoms. The lowest BCUT2D eigenvalue weighted by atomic mass is 9.87. The van der Waals surface area contributed by atoms with Gasteiger partial charge in [0.25, 0.3) is 11.8 Å². The number of carbonyl (C=O) groups excluding carboxylic acids is 3. The summed E-state index contributed by atoms with van der Waals surface area (Å²) in [6.07, 6.45) is -2.01. The van der Waals surface area contributed by atoms with Crippen LogP contribution in [0.2, 0.25) is 0 Å². The van der Waals surface area contributed by atoms with Crippen molar-refractivity contribution in [3.8, 4) is 5.75 Å². The summed E-state index contributed by atoms with van der Waals surface area (Å²) in [7, 11) is 0. The van der Waals surface area contributed by atoms with Crippen molar-refractivity contribution in [2.45, 2.75) is 52.2 Å². The average Bonchev–Trinajstić information content (AvgIpc) is 2.71. The van der Waals surface area contributed by atoms with Gasteiger partial charge in [-0.15, -0.1) is 0 Å². The van der Waals surface area contributed by atoms with Crippen molar-refractivity contribution in [2.24, 2.45) is 0 Å². The number of hydrogen-bond donors (Lipinski definition) is 2. The minimum absolute atomic E-state index is 0.0157. The molecule has 0 heterocycles. The molecular formula is C23H28N2O5. The highest BCUT2D eigenvalue weighted by Crippen LogP contribution is 2.24. The number of nitrogens with one attached hydrogen (secondary N) is 2. The van der Waals surface area contributed by atoms with Crippen molar-refractivity contribution < 1.29 is 23.9 Å². The van der Waals surface area contributed by atoms with Crippen LogP contribution in [0.1, 0.15) is 50.5 Å². The van der Waals surface area contributed by atoms with E-state index in [-0.39, 0.29) is 5.41 Å². The van der Waals surface area contributed by atoms with Crippen LogP contribution in [0.15, 0.2) is 54.6 Å². The Morgan fingerprint density at radius 1 is 0.833 bits per heavy atom. The van der Waals surface area contributed by atoms with Crippen molar-refractivity contribution in [1.29, 1.82) is 0 Å². The normalized spacial score (nSPS) is 13.0. The predicted octanol–water partition coefficient (Wildman–Crippen LogP) is 3.14. The average molecular weight is 412 g/mol. The van der Waals surface area contributed by atoms with Gasteiger partial charge in [0, 0.05) is 5.56 Å². The van der Waals surface area contributed by atoms with E-state index in [1.54, 1.807) is 49.4 Å². The number of amides is 2. The molecule has 2 rings (SSSR count). The molecule has 2 N–H and O–H groups in total. The van der Waals surface area contributed by atoms with E-state index < -0.39 is 30.0 Å². The first-order chi connectivity index (χ1) is 14.1. The maximum Gasteiger partial charge on any atom is 0.347 e. The van der Waals surface area contributed by atoms with Crippen molar-refractivity contribution in [3.05, 3.63) is 65.7 Å². The molecule has 2 aromatic carbocycles. The van der Waals surface area contributed by atoms with Crippen molar-refractivity contribution in [3.63, 3.8) is 0 Å². The molecule has 0 saturated carbocycles. The van der Waals surface area contributed by atoms with Gasteiger partial charge in [-0.2, -0.15) is 0 Å². The van der Waals surface area contributed by atoms with Gasteiger partial charge >= 0.3 is 5.97 Å². The molecule has 7 nitrogen and oxygen atoms in total. The van der Waals surface area contributed by atoms with E-state index in [1.165, 1.54) is 6.92 Å². The quantitative estimate of drug-likeness (QED) is 0.562. The summed E-state index contributed by atoms with van der Waals surface area (Å²) in [6.45, 7) is 9.28. The molecule has 2 aromatic rings. The molecule has 160 valence electrons. The monoisotopic (exact) mass is 412 g/mol. The first-order valence-electron chi connectivity index (χ1n) is 9.71. The summed E-state index contributed by atoms with van der Waals surface area (Å²) >= 11 is 0. The van der Waals surface area contributed by atoms with E-state index in [4.69, 9.17) is 9.47 Å². The van der Waals surface area contributed by atoms with Crippen molar-refractivity contribution in [1.82, 2.24) is 10.9 Å². The van der Waals surface area contributed by atoms with Crippen LogP contribution in [0.5, 0.6) is 5.75 Å². The molecule has 0 unspecified atom stereocenters. The van der Waals surface area contributed by atoms with Crippen molar-refractivity contribution >= 4 is 17.8 Å². The van der Waals surface area contributed by atoms with Gasteiger partial charge in [-0.25, -0.2) is 4.79 Å². The zero-order valence-corrected chi connectivity index (χ0v) is 17.9. The van der Waals surface area contributed by atoms with Crippen LogP contribution in [-0.2, 0) is 19.7 Å². The summed E-state index contributed by atoms with van der Waals surface area (Å²) < 4.78 is 10.7. The SMILES string of the molecule is C[C@@H](OC(=O)[C@@H](C)Oc1ccc(C(C)(C)C)cc1)C(=O)NNC(=O)c1ccccc1. The van der Waals surface area contributed by atoms with Crippen LogP contribution in [-0.4, -0.2) is 30.0 Å². The number of hydrazine groups is 1. The van der Waals surface area contributed by atoms with Gasteiger partial charge in [0.05, 0.1) is 0 Å². The fourth-order valence-corrected chi connectivity index (χ4v) is 2.49. The van der Waals surface area contributed by atoms with E-state index >= 15 is 0 Å². The number of esters is 1. The Morgan fingerprint density at radius 2 is 1.43 bits per heavy atom. The Bertz CT molecular complexity index is 873. The highest BCUT2D eigenvalue weighted by Gasteiger charge is 2.24. The molecule has 30 heavy (non-hydrogen) atoms. The lowest BCUT2D eigenvalue weighted by molar-refractivity contribution is -0.161. The standard InChI is InChI=1S/C23H28N2O5/c1-15(20(26)24-25-21(27)17-9-7-6-8-10-17)30-22(28)16(2)29-19-13-11-18(12-14-19)23(3,4)5/h6-16H,1-5H3,(H,24,26)(H,25,27)/t15-,16-/m1/s1. The minimum atomic E-state index is -1.11. The van der Waals surface area contributed by atoms with Crippen LogP contribution in [0.3, 0.4) is 0 Å². The second-order valence-corrected chi connectivity index (χ2v) is 7.92. The molecular weight excluding hydrogens is 384 g/mol. The second-order valence-electron chi connectivity index (χ2n) is 7.92. The van der Waals surface area contributed by atoms with Crippen LogP contribution in [0.25, 0.3) is 0 Å². The smallest absolute Gasteiger partial charge is 0.347 e. The fourth-order valence-electron chi connectivity index (χ4n) is 2.49. The number of hydrogen-bond acceptors (Lipinski definition) is 5. The minimum Gasteiger partial charge on any atom is -0.479 e. The van der Waals surface area contributed by atoms with E-state index in [1.807, 2.05) is 12.1 Å². The Morgan fingerprint density at radius 3 is 2.00 bits per heavy atom. The lowest BCUT2D eigenvalue weighted by Gasteiger charge is -2.20. The Balaban J connectivity index is 1.82. The highest BCUT2D eigenvalue weighted by molar-refractivity contribution is 5.95. The molecule has 0 aliphatic rings. The van der Waals surface area contributed by atoms with Gasteiger partial charge in [-0.05, 0) is 49.1 Å².